The van der Waals surface area contributed by atoms with E-state index in [4.69, 9.17) is 4.42 Å². The first-order valence-corrected chi connectivity index (χ1v) is 8.75. The molecule has 2 aromatic carbocycles. The average molecular weight is 380 g/mol. The minimum Gasteiger partial charge on any atom is -0.450 e. The van der Waals surface area contributed by atoms with Crippen LogP contribution in [0.15, 0.2) is 57.7 Å². The van der Waals surface area contributed by atoms with Crippen LogP contribution < -0.4 is 5.43 Å². The van der Waals surface area contributed by atoms with Crippen molar-refractivity contribution in [2.45, 2.75) is 12.5 Å². The molecule has 1 amide bonds. The number of aliphatic hydroxyl groups is 1. The molecule has 1 atom stereocenters. The van der Waals surface area contributed by atoms with Gasteiger partial charge in [0.05, 0.1) is 21.9 Å². The van der Waals surface area contributed by atoms with Gasteiger partial charge < -0.3 is 14.4 Å². The Kier molecular flexibility index (Phi) is 4.40. The van der Waals surface area contributed by atoms with Crippen molar-refractivity contribution in [3.63, 3.8) is 0 Å². The molecule has 142 valence electrons. The Bertz CT molecular complexity index is 1140. The Morgan fingerprint density at radius 2 is 1.82 bits per heavy atom. The minimum absolute atomic E-state index is 0.0232. The first kappa shape index (κ1) is 17.9. The van der Waals surface area contributed by atoms with Crippen molar-refractivity contribution < 1.29 is 19.2 Å². The number of nitro benzene ring substituents is 1. The minimum atomic E-state index is -0.726. The molecular formula is C20H16N2O6. The second-order valence-electron chi connectivity index (χ2n) is 6.50. The van der Waals surface area contributed by atoms with Gasteiger partial charge in [-0.25, -0.2) is 0 Å². The van der Waals surface area contributed by atoms with E-state index in [1.807, 2.05) is 0 Å². The smallest absolute Gasteiger partial charge is 0.290 e. The van der Waals surface area contributed by atoms with Crippen LogP contribution in [0.3, 0.4) is 0 Å². The van der Waals surface area contributed by atoms with Gasteiger partial charge in [-0.15, -0.1) is 0 Å². The molecule has 1 aromatic heterocycles. The third-order valence-electron chi connectivity index (χ3n) is 4.85. The van der Waals surface area contributed by atoms with Gasteiger partial charge in [0.15, 0.2) is 5.43 Å². The molecule has 4 rings (SSSR count). The highest BCUT2D eigenvalue weighted by molar-refractivity contribution is 5.99. The van der Waals surface area contributed by atoms with E-state index < -0.39 is 16.9 Å². The zero-order chi connectivity index (χ0) is 19.8. The topological polar surface area (TPSA) is 114 Å². The number of nitrogens with zero attached hydrogens (tertiary/aromatic N) is 2. The SMILES string of the molecule is O=C1c2oc3ccccc3c(=O)c2[C@H](c2ccc([N+](=O)[O-])cc2)N1CCCO. The highest BCUT2D eigenvalue weighted by atomic mass is 16.6. The number of hydrogen-bond donors (Lipinski definition) is 1. The van der Waals surface area contributed by atoms with Crippen molar-refractivity contribution in [2.75, 3.05) is 13.2 Å². The molecule has 1 aliphatic heterocycles. The molecule has 0 radical (unpaired) electrons. The Labute approximate surface area is 158 Å². The number of rotatable bonds is 5. The monoisotopic (exact) mass is 380 g/mol. The molecule has 0 unspecified atom stereocenters. The second-order valence-corrected chi connectivity index (χ2v) is 6.50. The average Bonchev–Trinajstić information content (AvgIpc) is 2.99. The maximum atomic E-state index is 13.1. The summed E-state index contributed by atoms with van der Waals surface area (Å²) in [6.07, 6.45) is 0.330. The maximum Gasteiger partial charge on any atom is 0.290 e. The van der Waals surface area contributed by atoms with Gasteiger partial charge >= 0.3 is 0 Å². The molecular weight excluding hydrogens is 364 g/mol. The summed E-state index contributed by atoms with van der Waals surface area (Å²) in [7, 11) is 0. The van der Waals surface area contributed by atoms with Crippen LogP contribution in [0.1, 0.15) is 34.1 Å². The molecule has 0 aliphatic carbocycles. The molecule has 1 N–H and O–H groups in total. The number of nitro groups is 1. The van der Waals surface area contributed by atoms with Crippen LogP contribution in [-0.4, -0.2) is 34.0 Å². The summed E-state index contributed by atoms with van der Waals surface area (Å²) in [4.78, 5) is 38.0. The number of carbonyl (C=O) groups excluding carboxylic acids is 1. The number of para-hydroxylation sites is 1. The van der Waals surface area contributed by atoms with E-state index in [0.29, 0.717) is 23.0 Å². The summed E-state index contributed by atoms with van der Waals surface area (Å²) in [5, 5.41) is 20.5. The first-order valence-electron chi connectivity index (χ1n) is 8.75. The summed E-state index contributed by atoms with van der Waals surface area (Å²) in [6.45, 7) is 0.105. The largest absolute Gasteiger partial charge is 0.450 e. The molecule has 0 fully saturated rings. The van der Waals surface area contributed by atoms with Gasteiger partial charge in [0.2, 0.25) is 5.76 Å². The van der Waals surface area contributed by atoms with Crippen molar-refractivity contribution in [3.8, 4) is 0 Å². The normalized spacial score (nSPS) is 15.8. The van der Waals surface area contributed by atoms with Crippen molar-refractivity contribution >= 4 is 22.6 Å². The molecule has 3 aromatic rings. The van der Waals surface area contributed by atoms with E-state index in [-0.39, 0.29) is 35.6 Å². The van der Waals surface area contributed by atoms with Crippen LogP contribution in [0, 0.1) is 10.1 Å². The fourth-order valence-electron chi connectivity index (χ4n) is 3.56. The van der Waals surface area contributed by atoms with Crippen LogP contribution in [0.25, 0.3) is 11.0 Å². The molecule has 0 saturated carbocycles. The van der Waals surface area contributed by atoms with Gasteiger partial charge in [0.1, 0.15) is 5.58 Å². The Balaban J connectivity index is 1.92. The van der Waals surface area contributed by atoms with Crippen LogP contribution in [0.2, 0.25) is 0 Å². The van der Waals surface area contributed by atoms with E-state index in [2.05, 4.69) is 0 Å². The van der Waals surface area contributed by atoms with Gasteiger partial charge in [-0.3, -0.25) is 19.7 Å². The lowest BCUT2D eigenvalue weighted by Gasteiger charge is -2.24. The highest BCUT2D eigenvalue weighted by Gasteiger charge is 2.42. The third kappa shape index (κ3) is 2.74. The summed E-state index contributed by atoms with van der Waals surface area (Å²) in [5.74, 6) is -0.459. The maximum absolute atomic E-state index is 13.1. The van der Waals surface area contributed by atoms with Crippen molar-refractivity contribution in [2.24, 2.45) is 0 Å². The Morgan fingerprint density at radius 3 is 2.50 bits per heavy atom. The van der Waals surface area contributed by atoms with Gasteiger partial charge in [-0.2, -0.15) is 0 Å². The highest BCUT2D eigenvalue weighted by Crippen LogP contribution is 2.38. The van der Waals surface area contributed by atoms with E-state index >= 15 is 0 Å². The molecule has 0 spiro atoms. The Hall–Kier alpha value is -3.52. The molecule has 0 bridgehead atoms. The Morgan fingerprint density at radius 1 is 1.11 bits per heavy atom. The fourth-order valence-corrected chi connectivity index (χ4v) is 3.56. The molecule has 0 saturated heterocycles. The predicted octanol–water partition coefficient (Wildman–Crippen LogP) is 2.63. The zero-order valence-corrected chi connectivity index (χ0v) is 14.7. The van der Waals surface area contributed by atoms with Gasteiger partial charge in [-0.1, -0.05) is 12.1 Å². The van der Waals surface area contributed by atoms with Crippen LogP contribution in [0.4, 0.5) is 5.69 Å². The number of non-ortho nitro benzene ring substituents is 1. The number of aliphatic hydroxyl groups excluding tert-OH is 1. The first-order chi connectivity index (χ1) is 13.5. The summed E-state index contributed by atoms with van der Waals surface area (Å²) >= 11 is 0. The number of fused-ring (bicyclic) bond motifs is 2. The lowest BCUT2D eigenvalue weighted by molar-refractivity contribution is -0.384. The predicted molar refractivity (Wildman–Crippen MR) is 100 cm³/mol. The van der Waals surface area contributed by atoms with Crippen LogP contribution >= 0.6 is 0 Å². The summed E-state index contributed by atoms with van der Waals surface area (Å²) < 4.78 is 5.76. The lowest BCUT2D eigenvalue weighted by Crippen LogP contribution is -2.31. The number of amides is 1. The van der Waals surface area contributed by atoms with Crippen molar-refractivity contribution in [3.05, 3.63) is 85.8 Å². The van der Waals surface area contributed by atoms with Gasteiger partial charge in [-0.05, 0) is 36.2 Å². The number of carbonyl (C=O) groups is 1. The van der Waals surface area contributed by atoms with Gasteiger partial charge in [0, 0.05) is 25.3 Å². The third-order valence-corrected chi connectivity index (χ3v) is 4.85. The summed E-state index contributed by atoms with van der Waals surface area (Å²) in [5.41, 5.74) is 0.723. The molecule has 2 heterocycles. The zero-order valence-electron chi connectivity index (χ0n) is 14.7. The van der Waals surface area contributed by atoms with Crippen LogP contribution in [-0.2, 0) is 0 Å². The standard InChI is InChI=1S/C20H16N2O6/c23-11-3-10-21-17(12-6-8-13(9-7-12)22(26)27)16-18(24)14-4-1-2-5-15(14)28-19(16)20(21)25/h1-2,4-9,17,23H,3,10-11H2/t17-/m0/s1. The van der Waals surface area contributed by atoms with Crippen LogP contribution in [0.5, 0.6) is 0 Å². The van der Waals surface area contributed by atoms with Crippen molar-refractivity contribution in [1.82, 2.24) is 4.90 Å². The van der Waals surface area contributed by atoms with E-state index in [1.165, 1.54) is 29.2 Å². The molecule has 8 heteroatoms. The number of benzene rings is 2. The van der Waals surface area contributed by atoms with Crippen molar-refractivity contribution in [1.29, 1.82) is 0 Å². The second kappa shape index (κ2) is 6.90. The molecule has 28 heavy (non-hydrogen) atoms. The quantitative estimate of drug-likeness (QED) is 0.538. The van der Waals surface area contributed by atoms with E-state index in [1.54, 1.807) is 24.3 Å². The lowest BCUT2D eigenvalue weighted by atomic mass is 9.98. The molecule has 1 aliphatic rings. The summed E-state index contributed by atoms with van der Waals surface area (Å²) in [6, 6.07) is 11.7. The number of hydrogen-bond acceptors (Lipinski definition) is 6. The molecule has 8 nitrogen and oxygen atoms in total. The van der Waals surface area contributed by atoms with E-state index in [9.17, 15) is 24.8 Å². The van der Waals surface area contributed by atoms with Gasteiger partial charge in [0.25, 0.3) is 11.6 Å². The fraction of sp³-hybridized carbons (Fsp3) is 0.200. The van der Waals surface area contributed by atoms with E-state index in [0.717, 1.165) is 0 Å².